The van der Waals surface area contributed by atoms with E-state index in [9.17, 15) is 27.9 Å². The van der Waals surface area contributed by atoms with E-state index in [0.29, 0.717) is 24.1 Å². The fourth-order valence-electron chi connectivity index (χ4n) is 4.29. The van der Waals surface area contributed by atoms with E-state index in [1.54, 1.807) is 24.3 Å². The number of nitrogens with zero attached hydrogens (tertiary/aromatic N) is 3. The van der Waals surface area contributed by atoms with Crippen LogP contribution in [0.15, 0.2) is 78.9 Å². The summed E-state index contributed by atoms with van der Waals surface area (Å²) in [5.41, 5.74) is 0.825. The fourth-order valence-corrected chi connectivity index (χ4v) is 4.29. The van der Waals surface area contributed by atoms with Crippen molar-refractivity contribution in [2.24, 2.45) is 0 Å². The Balaban J connectivity index is 1.35. The molecule has 39 heavy (non-hydrogen) atoms. The molecule has 0 saturated heterocycles. The maximum absolute atomic E-state index is 13.6. The summed E-state index contributed by atoms with van der Waals surface area (Å²) >= 11 is 0. The number of benzene rings is 3. The Kier molecular flexibility index (Phi) is 6.81. The Morgan fingerprint density at radius 1 is 0.974 bits per heavy atom. The van der Waals surface area contributed by atoms with Gasteiger partial charge in [-0.3, -0.25) is 4.79 Å². The maximum atomic E-state index is 13.6. The van der Waals surface area contributed by atoms with Crippen LogP contribution in [0.1, 0.15) is 44.8 Å². The average molecular weight is 537 g/mol. The Hall–Kier alpha value is -4.67. The van der Waals surface area contributed by atoms with Gasteiger partial charge in [0.25, 0.3) is 5.91 Å². The molecule has 0 radical (unpaired) electrons. The Labute approximate surface area is 221 Å². The van der Waals surface area contributed by atoms with E-state index >= 15 is 0 Å². The summed E-state index contributed by atoms with van der Waals surface area (Å²) in [6.07, 6.45) is -3.07. The second kappa shape index (κ2) is 10.2. The zero-order chi connectivity index (χ0) is 27.6. The number of hydrogen-bond donors (Lipinski definition) is 2. The zero-order valence-corrected chi connectivity index (χ0v) is 20.5. The number of amides is 1. The first-order valence-corrected chi connectivity index (χ1v) is 12.1. The van der Waals surface area contributed by atoms with Crippen LogP contribution in [0.5, 0.6) is 5.75 Å². The van der Waals surface area contributed by atoms with Crippen molar-refractivity contribution in [1.82, 2.24) is 20.3 Å². The highest BCUT2D eigenvalue weighted by Crippen LogP contribution is 2.46. The molecule has 8 nitrogen and oxygen atoms in total. The van der Waals surface area contributed by atoms with Gasteiger partial charge in [0.1, 0.15) is 18.1 Å². The summed E-state index contributed by atoms with van der Waals surface area (Å²) in [6, 6.07) is 19.8. The van der Waals surface area contributed by atoms with E-state index in [1.165, 1.54) is 28.9 Å². The predicted octanol–water partition coefficient (Wildman–Crippen LogP) is 5.16. The molecule has 2 N–H and O–H groups in total. The third-order valence-corrected chi connectivity index (χ3v) is 6.54. The summed E-state index contributed by atoms with van der Waals surface area (Å²) in [6.45, 7) is 0.148. The number of nitrogens with one attached hydrogen (secondary N) is 1. The van der Waals surface area contributed by atoms with Crippen LogP contribution < -0.4 is 10.1 Å². The van der Waals surface area contributed by atoms with Crippen molar-refractivity contribution < 1.29 is 32.6 Å². The molecule has 3 aromatic carbocycles. The normalized spacial score (nSPS) is 14.0. The summed E-state index contributed by atoms with van der Waals surface area (Å²) in [4.78, 5) is 24.8. The largest absolute Gasteiger partial charge is 0.492 e. The molecule has 1 aromatic heterocycles. The molecule has 0 unspecified atom stereocenters. The van der Waals surface area contributed by atoms with Crippen molar-refractivity contribution in [3.63, 3.8) is 0 Å². The summed E-state index contributed by atoms with van der Waals surface area (Å²) in [5.74, 6) is -1.19. The number of hydrogen-bond acceptors (Lipinski definition) is 5. The molecule has 0 aliphatic heterocycles. The van der Waals surface area contributed by atoms with E-state index < -0.39 is 29.2 Å². The first-order chi connectivity index (χ1) is 18.7. The highest BCUT2D eigenvalue weighted by Gasteiger charge is 2.46. The number of aromatic nitrogens is 3. The van der Waals surface area contributed by atoms with Crippen molar-refractivity contribution in [2.75, 3.05) is 6.61 Å². The van der Waals surface area contributed by atoms with Gasteiger partial charge in [-0.1, -0.05) is 47.7 Å². The average Bonchev–Trinajstić information content (AvgIpc) is 3.58. The second-order valence-corrected chi connectivity index (χ2v) is 9.17. The van der Waals surface area contributed by atoms with E-state index in [2.05, 4.69) is 15.6 Å². The number of carboxylic acid groups (broad SMARTS) is 1. The van der Waals surface area contributed by atoms with Crippen LogP contribution in [0.2, 0.25) is 0 Å². The van der Waals surface area contributed by atoms with Crippen molar-refractivity contribution in [3.8, 4) is 17.0 Å². The topological polar surface area (TPSA) is 106 Å². The van der Waals surface area contributed by atoms with Crippen LogP contribution in [0, 0.1) is 0 Å². The maximum Gasteiger partial charge on any atom is 0.416 e. The first-order valence-electron chi connectivity index (χ1n) is 12.1. The van der Waals surface area contributed by atoms with Gasteiger partial charge in [-0.05, 0) is 54.8 Å². The lowest BCUT2D eigenvalue weighted by atomic mass is 10.0. The van der Waals surface area contributed by atoms with Crippen LogP contribution in [0.25, 0.3) is 11.3 Å². The van der Waals surface area contributed by atoms with Crippen LogP contribution >= 0.6 is 0 Å². The minimum absolute atomic E-state index is 0.0328. The number of halogens is 3. The molecular weight excluding hydrogens is 513 g/mol. The molecule has 1 saturated carbocycles. The van der Waals surface area contributed by atoms with Crippen LogP contribution in [0.4, 0.5) is 13.2 Å². The molecule has 1 aliphatic carbocycles. The van der Waals surface area contributed by atoms with Gasteiger partial charge in [0, 0.05) is 5.56 Å². The molecule has 0 atom stereocenters. The van der Waals surface area contributed by atoms with Gasteiger partial charge in [0.15, 0.2) is 5.69 Å². The predicted molar refractivity (Wildman–Crippen MR) is 134 cm³/mol. The van der Waals surface area contributed by atoms with E-state index in [0.717, 1.165) is 17.7 Å². The summed E-state index contributed by atoms with van der Waals surface area (Å²) in [7, 11) is 0. The van der Waals surface area contributed by atoms with Gasteiger partial charge >= 0.3 is 12.1 Å². The van der Waals surface area contributed by atoms with Gasteiger partial charge in [-0.2, -0.15) is 13.2 Å². The first kappa shape index (κ1) is 26.0. The number of aromatic carboxylic acids is 1. The van der Waals surface area contributed by atoms with Crippen molar-refractivity contribution >= 4 is 11.9 Å². The molecule has 0 bridgehead atoms. The van der Waals surface area contributed by atoms with Gasteiger partial charge in [0.2, 0.25) is 0 Å². The third kappa shape index (κ3) is 5.62. The number of carbonyl (C=O) groups is 2. The highest BCUT2D eigenvalue weighted by molar-refractivity contribution is 5.99. The van der Waals surface area contributed by atoms with Crippen molar-refractivity contribution in [1.29, 1.82) is 0 Å². The van der Waals surface area contributed by atoms with E-state index in [-0.39, 0.29) is 30.2 Å². The third-order valence-electron chi connectivity index (χ3n) is 6.54. The number of ether oxygens (including phenoxy) is 1. The molecular formula is C28H23F3N4O4. The Morgan fingerprint density at radius 3 is 2.23 bits per heavy atom. The summed E-state index contributed by atoms with van der Waals surface area (Å²) < 4.78 is 45.5. The van der Waals surface area contributed by atoms with Gasteiger partial charge in [-0.15, -0.1) is 5.10 Å². The lowest BCUT2D eigenvalue weighted by Gasteiger charge is -2.19. The van der Waals surface area contributed by atoms with Crippen molar-refractivity contribution in [3.05, 3.63) is 101 Å². The lowest BCUT2D eigenvalue weighted by molar-refractivity contribution is -0.137. The quantitative estimate of drug-likeness (QED) is 0.306. The monoisotopic (exact) mass is 536 g/mol. The second-order valence-electron chi connectivity index (χ2n) is 9.17. The number of carbonyl (C=O) groups excluding carboxylic acids is 1. The Bertz CT molecular complexity index is 1480. The lowest BCUT2D eigenvalue weighted by Crippen LogP contribution is -2.36. The zero-order valence-electron chi connectivity index (χ0n) is 20.5. The van der Waals surface area contributed by atoms with Crippen molar-refractivity contribution in [2.45, 2.75) is 31.1 Å². The van der Waals surface area contributed by atoms with E-state index in [1.807, 2.05) is 18.2 Å². The van der Waals surface area contributed by atoms with Crippen LogP contribution in [-0.2, 0) is 18.3 Å². The van der Waals surface area contributed by atoms with E-state index in [4.69, 9.17) is 4.74 Å². The molecule has 1 fully saturated rings. The number of carboxylic acids is 1. The van der Waals surface area contributed by atoms with Gasteiger partial charge in [0.05, 0.1) is 23.2 Å². The number of rotatable bonds is 9. The highest BCUT2D eigenvalue weighted by atomic mass is 19.4. The van der Waals surface area contributed by atoms with Gasteiger partial charge < -0.3 is 15.2 Å². The molecule has 0 spiro atoms. The number of alkyl halides is 3. The minimum Gasteiger partial charge on any atom is -0.492 e. The van der Waals surface area contributed by atoms with Gasteiger partial charge in [-0.25, -0.2) is 9.48 Å². The molecule has 11 heteroatoms. The Morgan fingerprint density at radius 2 is 1.64 bits per heavy atom. The van der Waals surface area contributed by atoms with Crippen LogP contribution in [-0.4, -0.2) is 38.6 Å². The van der Waals surface area contributed by atoms with Crippen LogP contribution in [0.3, 0.4) is 0 Å². The molecule has 4 aromatic rings. The smallest absolute Gasteiger partial charge is 0.416 e. The molecule has 1 amide bonds. The molecule has 1 heterocycles. The summed E-state index contributed by atoms with van der Waals surface area (Å²) in [5, 5.41) is 20.6. The molecule has 200 valence electrons. The SMILES string of the molecule is O=C(O)c1ccc(C2(NC(=O)c3c(-c4ccccc4)nnn3CCOc3ccc(C(F)(F)F)cc3)CC2)cc1. The fraction of sp³-hybridized carbons (Fsp3) is 0.214. The standard InChI is InChI=1S/C28H23F3N4O4/c29-28(30,31)21-10-12-22(13-11-21)39-17-16-35-24(23(33-34-35)18-4-2-1-3-5-18)25(36)32-27(14-15-27)20-8-6-19(7-9-20)26(37)38/h1-13H,14-17H2,(H,32,36)(H,37,38). The minimum atomic E-state index is -4.44. The molecule has 5 rings (SSSR count). The molecule has 1 aliphatic rings.